The third-order valence-electron chi connectivity index (χ3n) is 4.59. The highest BCUT2D eigenvalue weighted by molar-refractivity contribution is 6.37. The zero-order chi connectivity index (χ0) is 17.5. The van der Waals surface area contributed by atoms with Crippen LogP contribution in [0.1, 0.15) is 0 Å². The van der Waals surface area contributed by atoms with E-state index in [0.29, 0.717) is 10.9 Å². The van der Waals surface area contributed by atoms with Crippen molar-refractivity contribution >= 4 is 33.5 Å². The van der Waals surface area contributed by atoms with Crippen LogP contribution in [-0.4, -0.2) is 4.98 Å². The third-order valence-corrected chi connectivity index (χ3v) is 4.90. The van der Waals surface area contributed by atoms with Gasteiger partial charge in [-0.1, -0.05) is 72.3 Å². The maximum absolute atomic E-state index is 6.39. The second kappa shape index (κ2) is 6.01. The summed E-state index contributed by atoms with van der Waals surface area (Å²) in [6, 6.07) is 28.4. The molecule has 0 aliphatic heterocycles. The van der Waals surface area contributed by atoms with Crippen molar-refractivity contribution in [3.8, 4) is 22.6 Å². The van der Waals surface area contributed by atoms with Gasteiger partial charge in [0.05, 0.1) is 5.02 Å². The number of benzene rings is 4. The fourth-order valence-corrected chi connectivity index (χ4v) is 3.54. The highest BCUT2D eigenvalue weighted by atomic mass is 35.5. The fraction of sp³-hybridized carbons (Fsp3) is 0. The van der Waals surface area contributed by atoms with E-state index in [9.17, 15) is 0 Å². The lowest BCUT2D eigenvalue weighted by molar-refractivity contribution is 0.623. The summed E-state index contributed by atoms with van der Waals surface area (Å²) in [4.78, 5) is 4.65. The van der Waals surface area contributed by atoms with Crippen LogP contribution in [0.15, 0.2) is 89.3 Å². The molecule has 0 aliphatic rings. The number of aromatic nitrogens is 1. The molecule has 0 aliphatic carbocycles. The van der Waals surface area contributed by atoms with Gasteiger partial charge in [0.1, 0.15) is 5.52 Å². The molecule has 0 unspecified atom stereocenters. The molecule has 0 radical (unpaired) electrons. The first kappa shape index (κ1) is 15.2. The van der Waals surface area contributed by atoms with Crippen molar-refractivity contribution in [2.75, 3.05) is 0 Å². The van der Waals surface area contributed by atoms with Crippen molar-refractivity contribution in [1.29, 1.82) is 0 Å². The average Bonchev–Trinajstić information content (AvgIpc) is 3.13. The minimum atomic E-state index is 0.604. The molecular weight excluding hydrogens is 342 g/mol. The van der Waals surface area contributed by atoms with Crippen molar-refractivity contribution < 1.29 is 4.42 Å². The first-order chi connectivity index (χ1) is 12.8. The average molecular weight is 356 g/mol. The Morgan fingerprint density at radius 3 is 2.19 bits per heavy atom. The lowest BCUT2D eigenvalue weighted by Gasteiger charge is -2.02. The summed E-state index contributed by atoms with van der Waals surface area (Å²) in [7, 11) is 0. The number of halogens is 1. The normalized spacial score (nSPS) is 11.3. The predicted molar refractivity (Wildman–Crippen MR) is 107 cm³/mol. The maximum Gasteiger partial charge on any atom is 0.227 e. The molecule has 0 bridgehead atoms. The highest BCUT2D eigenvalue weighted by Crippen LogP contribution is 2.34. The van der Waals surface area contributed by atoms with Gasteiger partial charge in [-0.2, -0.15) is 0 Å². The summed E-state index contributed by atoms with van der Waals surface area (Å²) in [5, 5.41) is 2.63. The number of oxazole rings is 1. The summed E-state index contributed by atoms with van der Waals surface area (Å²) in [5.41, 5.74) is 4.84. The zero-order valence-electron chi connectivity index (χ0n) is 13.8. The van der Waals surface area contributed by atoms with Crippen molar-refractivity contribution in [2.24, 2.45) is 0 Å². The lowest BCUT2D eigenvalue weighted by Crippen LogP contribution is -1.79. The summed E-state index contributed by atoms with van der Waals surface area (Å²) < 4.78 is 6.10. The standard InChI is InChI=1S/C23H14ClNO/c24-19-8-4-7-17-13-14-20-22(21(17)19)26-23(25-20)18-11-9-16(10-12-18)15-5-2-1-3-6-15/h1-14H. The Hall–Kier alpha value is -3.10. The molecule has 0 saturated heterocycles. The maximum atomic E-state index is 6.39. The van der Waals surface area contributed by atoms with E-state index >= 15 is 0 Å². The van der Waals surface area contributed by atoms with Crippen molar-refractivity contribution in [3.05, 3.63) is 90.0 Å². The summed E-state index contributed by atoms with van der Waals surface area (Å²) in [5.74, 6) is 0.604. The van der Waals surface area contributed by atoms with Gasteiger partial charge in [0.2, 0.25) is 5.89 Å². The number of rotatable bonds is 2. The molecular formula is C23H14ClNO. The molecule has 2 nitrogen and oxygen atoms in total. The van der Waals surface area contributed by atoms with Gasteiger partial charge < -0.3 is 4.42 Å². The molecule has 0 atom stereocenters. The number of nitrogens with zero attached hydrogens (tertiary/aromatic N) is 1. The van der Waals surface area contributed by atoms with Crippen molar-refractivity contribution in [3.63, 3.8) is 0 Å². The third kappa shape index (κ3) is 2.47. The van der Waals surface area contributed by atoms with Crippen LogP contribution in [0.25, 0.3) is 44.5 Å². The Morgan fingerprint density at radius 2 is 1.38 bits per heavy atom. The molecule has 0 spiro atoms. The van der Waals surface area contributed by atoms with Gasteiger partial charge >= 0.3 is 0 Å². The number of fused-ring (bicyclic) bond motifs is 3. The van der Waals surface area contributed by atoms with Gasteiger partial charge in [-0.05, 0) is 40.8 Å². The molecule has 124 valence electrons. The van der Waals surface area contributed by atoms with Crippen molar-refractivity contribution in [2.45, 2.75) is 0 Å². The van der Waals surface area contributed by atoms with E-state index in [0.717, 1.165) is 27.4 Å². The van der Waals surface area contributed by atoms with Gasteiger partial charge in [0, 0.05) is 10.9 Å². The second-order valence-corrected chi connectivity index (χ2v) is 6.62. The van der Waals surface area contributed by atoms with E-state index in [4.69, 9.17) is 16.0 Å². The van der Waals surface area contributed by atoms with Gasteiger partial charge in [0.15, 0.2) is 5.58 Å². The van der Waals surface area contributed by atoms with Gasteiger partial charge in [-0.3, -0.25) is 0 Å². The summed E-state index contributed by atoms with van der Waals surface area (Å²) in [6.07, 6.45) is 0. The minimum absolute atomic E-state index is 0.604. The van der Waals surface area contributed by atoms with Crippen LogP contribution in [-0.2, 0) is 0 Å². The van der Waals surface area contributed by atoms with Crippen LogP contribution in [0.3, 0.4) is 0 Å². The van der Waals surface area contributed by atoms with Crippen LogP contribution in [0.5, 0.6) is 0 Å². The summed E-state index contributed by atoms with van der Waals surface area (Å²) in [6.45, 7) is 0. The van der Waals surface area contributed by atoms with Crippen LogP contribution in [0, 0.1) is 0 Å². The largest absolute Gasteiger partial charge is 0.435 e. The molecule has 1 aromatic heterocycles. The van der Waals surface area contributed by atoms with E-state index in [1.807, 2.05) is 60.7 Å². The quantitative estimate of drug-likeness (QED) is 0.342. The molecule has 0 fully saturated rings. The Labute approximate surface area is 155 Å². The second-order valence-electron chi connectivity index (χ2n) is 6.21. The van der Waals surface area contributed by atoms with Gasteiger partial charge in [0.25, 0.3) is 0 Å². The van der Waals surface area contributed by atoms with Crippen LogP contribution in [0.2, 0.25) is 5.02 Å². The number of hydrogen-bond donors (Lipinski definition) is 0. The van der Waals surface area contributed by atoms with E-state index < -0.39 is 0 Å². The minimum Gasteiger partial charge on any atom is -0.435 e. The predicted octanol–water partition coefficient (Wildman–Crippen LogP) is 6.97. The highest BCUT2D eigenvalue weighted by Gasteiger charge is 2.13. The van der Waals surface area contributed by atoms with E-state index in [1.54, 1.807) is 0 Å². The molecule has 1 heterocycles. The topological polar surface area (TPSA) is 26.0 Å². The molecule has 0 N–H and O–H groups in total. The van der Waals surface area contributed by atoms with Crippen LogP contribution in [0.4, 0.5) is 0 Å². The Morgan fingerprint density at radius 1 is 0.654 bits per heavy atom. The molecule has 3 heteroatoms. The van der Waals surface area contributed by atoms with Crippen LogP contribution < -0.4 is 0 Å². The smallest absolute Gasteiger partial charge is 0.227 e. The van der Waals surface area contributed by atoms with Crippen molar-refractivity contribution in [1.82, 2.24) is 4.98 Å². The Balaban J connectivity index is 1.62. The van der Waals surface area contributed by atoms with Gasteiger partial charge in [-0.25, -0.2) is 4.98 Å². The Bertz CT molecular complexity index is 1220. The fourth-order valence-electron chi connectivity index (χ4n) is 3.27. The SMILES string of the molecule is Clc1cccc2ccc3nc(-c4ccc(-c5ccccc5)cc4)oc3c12. The molecule has 5 aromatic rings. The van der Waals surface area contributed by atoms with Gasteiger partial charge in [-0.15, -0.1) is 0 Å². The van der Waals surface area contributed by atoms with Crippen LogP contribution >= 0.6 is 11.6 Å². The molecule has 0 saturated carbocycles. The molecule has 5 rings (SSSR count). The monoisotopic (exact) mass is 355 g/mol. The summed E-state index contributed by atoms with van der Waals surface area (Å²) >= 11 is 6.39. The molecule has 4 aromatic carbocycles. The molecule has 26 heavy (non-hydrogen) atoms. The molecule has 0 amide bonds. The van der Waals surface area contributed by atoms with E-state index in [1.165, 1.54) is 11.1 Å². The Kier molecular flexibility index (Phi) is 3.51. The first-order valence-electron chi connectivity index (χ1n) is 8.43. The van der Waals surface area contributed by atoms with E-state index in [2.05, 4.69) is 29.2 Å². The lowest BCUT2D eigenvalue weighted by atomic mass is 10.0. The number of hydrogen-bond acceptors (Lipinski definition) is 2. The van der Waals surface area contributed by atoms with E-state index in [-0.39, 0.29) is 0 Å². The first-order valence-corrected chi connectivity index (χ1v) is 8.81. The zero-order valence-corrected chi connectivity index (χ0v) is 14.6.